The van der Waals surface area contributed by atoms with Crippen LogP contribution in [0.15, 0.2) is 18.2 Å². The quantitative estimate of drug-likeness (QED) is 0.593. The van der Waals surface area contributed by atoms with Crippen LogP contribution in [0, 0.1) is 10.1 Å². The highest BCUT2D eigenvalue weighted by Crippen LogP contribution is 2.23. The average molecular weight is 210 g/mol. The number of methoxy groups -OCH3 is 1. The first kappa shape index (κ1) is 11.5. The van der Waals surface area contributed by atoms with Gasteiger partial charge in [0.05, 0.1) is 12.0 Å². The van der Waals surface area contributed by atoms with Crippen molar-refractivity contribution < 1.29 is 9.66 Å². The van der Waals surface area contributed by atoms with E-state index in [0.717, 1.165) is 12.1 Å². The summed E-state index contributed by atoms with van der Waals surface area (Å²) in [5.74, 6) is 0.668. The molecular weight excluding hydrogens is 196 g/mol. The molecule has 0 spiro atoms. The van der Waals surface area contributed by atoms with Crippen LogP contribution >= 0.6 is 0 Å². The fraction of sp³-hybridized carbons (Fsp3) is 0.400. The molecule has 1 N–H and O–H groups in total. The smallest absolute Gasteiger partial charge is 0.270 e. The Kier molecular flexibility index (Phi) is 4.05. The van der Waals surface area contributed by atoms with Gasteiger partial charge in [0.1, 0.15) is 5.75 Å². The lowest BCUT2D eigenvalue weighted by Gasteiger charge is -2.08. The molecule has 0 bridgehead atoms. The molecule has 0 atom stereocenters. The fourth-order valence-corrected chi connectivity index (χ4v) is 1.28. The van der Waals surface area contributed by atoms with Crippen LogP contribution in [-0.4, -0.2) is 18.6 Å². The zero-order valence-electron chi connectivity index (χ0n) is 8.82. The number of benzene rings is 1. The Hall–Kier alpha value is -1.62. The highest BCUT2D eigenvalue weighted by Gasteiger charge is 2.10. The lowest BCUT2D eigenvalue weighted by atomic mass is 10.1. The first-order valence-corrected chi connectivity index (χ1v) is 4.71. The van der Waals surface area contributed by atoms with E-state index in [-0.39, 0.29) is 5.69 Å². The Balaban J connectivity index is 2.96. The Morgan fingerprint density at radius 2 is 2.27 bits per heavy atom. The van der Waals surface area contributed by atoms with Gasteiger partial charge in [-0.05, 0) is 12.6 Å². The third-order valence-electron chi connectivity index (χ3n) is 2.04. The van der Waals surface area contributed by atoms with E-state index in [1.54, 1.807) is 13.2 Å². The Morgan fingerprint density at radius 1 is 1.53 bits per heavy atom. The molecule has 1 aromatic rings. The molecular formula is C10H14N2O3. The molecule has 1 rings (SSSR count). The summed E-state index contributed by atoms with van der Waals surface area (Å²) < 4.78 is 5.11. The zero-order valence-corrected chi connectivity index (χ0v) is 8.82. The molecule has 0 aliphatic heterocycles. The summed E-state index contributed by atoms with van der Waals surface area (Å²) in [6.07, 6.45) is 0. The molecule has 1 aromatic carbocycles. The maximum Gasteiger partial charge on any atom is 0.270 e. The van der Waals surface area contributed by atoms with Crippen LogP contribution in [-0.2, 0) is 6.54 Å². The van der Waals surface area contributed by atoms with Gasteiger partial charge in [-0.3, -0.25) is 10.1 Å². The maximum absolute atomic E-state index is 10.6. The van der Waals surface area contributed by atoms with E-state index in [4.69, 9.17) is 4.74 Å². The highest BCUT2D eigenvalue weighted by atomic mass is 16.6. The molecule has 0 heterocycles. The molecule has 0 unspecified atom stereocenters. The Bertz CT molecular complexity index is 353. The van der Waals surface area contributed by atoms with Crippen molar-refractivity contribution in [1.29, 1.82) is 0 Å². The molecule has 0 radical (unpaired) electrons. The molecule has 0 amide bonds. The first-order chi connectivity index (χ1) is 7.19. The largest absolute Gasteiger partial charge is 0.496 e. The summed E-state index contributed by atoms with van der Waals surface area (Å²) in [6.45, 7) is 3.36. The van der Waals surface area contributed by atoms with E-state index < -0.39 is 4.92 Å². The SMILES string of the molecule is CCNCc1cc([N+](=O)[O-])ccc1OC. The predicted octanol–water partition coefficient (Wildman–Crippen LogP) is 1.71. The second-order valence-electron chi connectivity index (χ2n) is 3.03. The van der Waals surface area contributed by atoms with Gasteiger partial charge in [-0.15, -0.1) is 0 Å². The number of hydrogen-bond donors (Lipinski definition) is 1. The van der Waals surface area contributed by atoms with Gasteiger partial charge >= 0.3 is 0 Å². The summed E-state index contributed by atoms with van der Waals surface area (Å²) in [5, 5.41) is 13.7. The summed E-state index contributed by atoms with van der Waals surface area (Å²) in [5.41, 5.74) is 0.886. The van der Waals surface area contributed by atoms with Crippen LogP contribution in [0.5, 0.6) is 5.75 Å². The molecule has 0 aliphatic carbocycles. The first-order valence-electron chi connectivity index (χ1n) is 4.71. The summed E-state index contributed by atoms with van der Waals surface area (Å²) in [4.78, 5) is 10.2. The molecule has 15 heavy (non-hydrogen) atoms. The van der Waals surface area contributed by atoms with Crippen LogP contribution < -0.4 is 10.1 Å². The van der Waals surface area contributed by atoms with Gasteiger partial charge in [0.25, 0.3) is 5.69 Å². The Morgan fingerprint density at radius 3 is 2.80 bits per heavy atom. The third kappa shape index (κ3) is 2.92. The van der Waals surface area contributed by atoms with Gasteiger partial charge in [0.2, 0.25) is 0 Å². The molecule has 0 aliphatic rings. The number of nitrogens with one attached hydrogen (secondary N) is 1. The normalized spacial score (nSPS) is 10.0. The number of nitro groups is 1. The minimum absolute atomic E-state index is 0.0868. The van der Waals surface area contributed by atoms with Crippen LogP contribution in [0.1, 0.15) is 12.5 Å². The van der Waals surface area contributed by atoms with Crippen LogP contribution in [0.3, 0.4) is 0 Å². The average Bonchev–Trinajstić information content (AvgIpc) is 2.25. The molecule has 0 fully saturated rings. The van der Waals surface area contributed by atoms with Gasteiger partial charge in [-0.2, -0.15) is 0 Å². The van der Waals surface area contributed by atoms with Crippen molar-refractivity contribution in [3.63, 3.8) is 0 Å². The van der Waals surface area contributed by atoms with Gasteiger partial charge in [-0.25, -0.2) is 0 Å². The zero-order chi connectivity index (χ0) is 11.3. The summed E-state index contributed by atoms with van der Waals surface area (Å²) >= 11 is 0. The van der Waals surface area contributed by atoms with Gasteiger partial charge < -0.3 is 10.1 Å². The van der Waals surface area contributed by atoms with Gasteiger partial charge in [0, 0.05) is 24.2 Å². The molecule has 5 heteroatoms. The van der Waals surface area contributed by atoms with E-state index in [0.29, 0.717) is 12.3 Å². The number of ether oxygens (including phenoxy) is 1. The van der Waals surface area contributed by atoms with Crippen LogP contribution in [0.2, 0.25) is 0 Å². The van der Waals surface area contributed by atoms with E-state index >= 15 is 0 Å². The predicted molar refractivity (Wildman–Crippen MR) is 57.0 cm³/mol. The van der Waals surface area contributed by atoms with E-state index in [1.807, 2.05) is 6.92 Å². The number of nitro benzene ring substituents is 1. The second-order valence-corrected chi connectivity index (χ2v) is 3.03. The highest BCUT2D eigenvalue weighted by molar-refractivity contribution is 5.43. The van der Waals surface area contributed by atoms with Crippen LogP contribution in [0.4, 0.5) is 5.69 Å². The van der Waals surface area contributed by atoms with E-state index in [1.165, 1.54) is 12.1 Å². The number of hydrogen-bond acceptors (Lipinski definition) is 4. The van der Waals surface area contributed by atoms with Gasteiger partial charge in [-0.1, -0.05) is 6.92 Å². The topological polar surface area (TPSA) is 64.4 Å². The molecule has 0 aromatic heterocycles. The van der Waals surface area contributed by atoms with Crippen molar-refractivity contribution in [1.82, 2.24) is 5.32 Å². The number of rotatable bonds is 5. The number of nitrogens with zero attached hydrogens (tertiary/aromatic N) is 1. The van der Waals surface area contributed by atoms with E-state index in [9.17, 15) is 10.1 Å². The van der Waals surface area contributed by atoms with Crippen molar-refractivity contribution in [2.24, 2.45) is 0 Å². The van der Waals surface area contributed by atoms with E-state index in [2.05, 4.69) is 5.32 Å². The standard InChI is InChI=1S/C10H14N2O3/c1-3-11-7-8-6-9(12(13)14)4-5-10(8)15-2/h4-6,11H,3,7H2,1-2H3. The minimum atomic E-state index is -0.408. The molecule has 82 valence electrons. The minimum Gasteiger partial charge on any atom is -0.496 e. The third-order valence-corrected chi connectivity index (χ3v) is 2.04. The Labute approximate surface area is 88.2 Å². The summed E-state index contributed by atoms with van der Waals surface area (Å²) in [6, 6.07) is 4.58. The lowest BCUT2D eigenvalue weighted by molar-refractivity contribution is -0.384. The van der Waals surface area contributed by atoms with Crippen molar-refractivity contribution in [2.45, 2.75) is 13.5 Å². The summed E-state index contributed by atoms with van der Waals surface area (Å²) in [7, 11) is 1.55. The monoisotopic (exact) mass is 210 g/mol. The second kappa shape index (κ2) is 5.31. The van der Waals surface area contributed by atoms with Crippen molar-refractivity contribution in [3.8, 4) is 5.75 Å². The van der Waals surface area contributed by atoms with Gasteiger partial charge in [0.15, 0.2) is 0 Å². The van der Waals surface area contributed by atoms with Crippen molar-refractivity contribution in [2.75, 3.05) is 13.7 Å². The van der Waals surface area contributed by atoms with Crippen molar-refractivity contribution in [3.05, 3.63) is 33.9 Å². The van der Waals surface area contributed by atoms with Crippen molar-refractivity contribution >= 4 is 5.69 Å². The molecule has 0 saturated carbocycles. The van der Waals surface area contributed by atoms with Crippen LogP contribution in [0.25, 0.3) is 0 Å². The fourth-order valence-electron chi connectivity index (χ4n) is 1.28. The lowest BCUT2D eigenvalue weighted by Crippen LogP contribution is -2.12. The maximum atomic E-state index is 10.6. The molecule has 5 nitrogen and oxygen atoms in total. The molecule has 0 saturated heterocycles. The number of non-ortho nitro benzene ring substituents is 1.